The summed E-state index contributed by atoms with van der Waals surface area (Å²) < 4.78 is 0. The number of carbonyl (C=O) groups is 2. The van der Waals surface area contributed by atoms with Gasteiger partial charge in [0.1, 0.15) is 5.75 Å². The van der Waals surface area contributed by atoms with Crippen LogP contribution in [0.5, 0.6) is 5.75 Å². The number of hydrogen-bond donors (Lipinski definition) is 3. The Kier molecular flexibility index (Phi) is 3.46. The third-order valence-corrected chi connectivity index (χ3v) is 3.36. The fourth-order valence-electron chi connectivity index (χ4n) is 2.05. The predicted octanol–water partition coefficient (Wildman–Crippen LogP) is 2.17. The molecular formula is C14H17NO4. The van der Waals surface area contributed by atoms with Crippen molar-refractivity contribution < 1.29 is 19.8 Å². The van der Waals surface area contributed by atoms with E-state index in [1.165, 1.54) is 0 Å². The molecule has 2 atom stereocenters. The van der Waals surface area contributed by atoms with Gasteiger partial charge in [-0.3, -0.25) is 9.59 Å². The number of rotatable bonds is 4. The molecule has 5 nitrogen and oxygen atoms in total. The van der Waals surface area contributed by atoms with Gasteiger partial charge in [0.15, 0.2) is 0 Å². The van der Waals surface area contributed by atoms with E-state index in [2.05, 4.69) is 5.32 Å². The van der Waals surface area contributed by atoms with E-state index in [1.54, 1.807) is 32.0 Å². The molecule has 0 aliphatic heterocycles. The van der Waals surface area contributed by atoms with Gasteiger partial charge >= 0.3 is 5.97 Å². The number of phenols is 1. The molecule has 102 valence electrons. The molecule has 1 amide bonds. The Morgan fingerprint density at radius 3 is 2.58 bits per heavy atom. The topological polar surface area (TPSA) is 86.6 Å². The molecule has 0 unspecified atom stereocenters. The first-order chi connectivity index (χ1) is 8.91. The first-order valence-electron chi connectivity index (χ1n) is 6.27. The van der Waals surface area contributed by atoms with E-state index < -0.39 is 11.9 Å². The van der Waals surface area contributed by atoms with Crippen LogP contribution in [-0.2, 0) is 9.59 Å². The van der Waals surface area contributed by atoms with Gasteiger partial charge in [0.05, 0.1) is 11.6 Å². The lowest BCUT2D eigenvalue weighted by Crippen LogP contribution is -2.17. The summed E-state index contributed by atoms with van der Waals surface area (Å²) in [5.41, 5.74) is 0.932. The molecule has 0 radical (unpaired) electrons. The lowest BCUT2D eigenvalue weighted by molar-refractivity contribution is -0.138. The van der Waals surface area contributed by atoms with Crippen LogP contribution < -0.4 is 5.32 Å². The van der Waals surface area contributed by atoms with Crippen molar-refractivity contribution in [3.8, 4) is 5.75 Å². The van der Waals surface area contributed by atoms with Crippen molar-refractivity contribution in [1.29, 1.82) is 0 Å². The van der Waals surface area contributed by atoms with Crippen molar-refractivity contribution in [2.24, 2.45) is 11.8 Å². The molecule has 0 aromatic heterocycles. The van der Waals surface area contributed by atoms with Crippen LogP contribution in [0.4, 0.5) is 5.69 Å². The molecule has 1 aliphatic carbocycles. The van der Waals surface area contributed by atoms with Gasteiger partial charge in [-0.15, -0.1) is 0 Å². The zero-order valence-corrected chi connectivity index (χ0v) is 10.9. The zero-order valence-electron chi connectivity index (χ0n) is 10.9. The predicted molar refractivity (Wildman–Crippen MR) is 70.1 cm³/mol. The number of aliphatic carboxylic acids is 1. The van der Waals surface area contributed by atoms with Crippen LogP contribution in [0, 0.1) is 11.8 Å². The molecule has 2 rings (SSSR count). The Morgan fingerprint density at radius 2 is 2.05 bits per heavy atom. The Labute approximate surface area is 111 Å². The van der Waals surface area contributed by atoms with Crippen molar-refractivity contribution in [2.75, 3.05) is 5.32 Å². The number of benzene rings is 1. The third kappa shape index (κ3) is 2.70. The Bertz CT molecular complexity index is 524. The lowest BCUT2D eigenvalue weighted by atomic mass is 10.1. The van der Waals surface area contributed by atoms with Crippen LogP contribution >= 0.6 is 0 Å². The summed E-state index contributed by atoms with van der Waals surface area (Å²) in [6.45, 7) is 3.52. The van der Waals surface area contributed by atoms with Gasteiger partial charge in [0.2, 0.25) is 5.91 Å². The van der Waals surface area contributed by atoms with E-state index in [0.717, 1.165) is 0 Å². The van der Waals surface area contributed by atoms with Gasteiger partial charge in [-0.05, 0) is 12.5 Å². The number of carboxylic acids is 1. The molecular weight excluding hydrogens is 246 g/mol. The second-order valence-corrected chi connectivity index (χ2v) is 5.17. The zero-order chi connectivity index (χ0) is 14.2. The normalized spacial score (nSPS) is 21.2. The van der Waals surface area contributed by atoms with Crippen molar-refractivity contribution >= 4 is 17.6 Å². The van der Waals surface area contributed by atoms with Crippen LogP contribution in [0.1, 0.15) is 31.7 Å². The fraction of sp³-hybridized carbons (Fsp3) is 0.429. The van der Waals surface area contributed by atoms with Gasteiger partial charge in [0.25, 0.3) is 0 Å². The summed E-state index contributed by atoms with van der Waals surface area (Å²) in [5.74, 6) is -1.82. The number of anilines is 1. The van der Waals surface area contributed by atoms with Crippen molar-refractivity contribution in [3.63, 3.8) is 0 Å². The highest BCUT2D eigenvalue weighted by atomic mass is 16.4. The van der Waals surface area contributed by atoms with E-state index >= 15 is 0 Å². The highest BCUT2D eigenvalue weighted by Crippen LogP contribution is 2.51. The van der Waals surface area contributed by atoms with Crippen molar-refractivity contribution in [3.05, 3.63) is 23.8 Å². The number of para-hydroxylation sites is 1. The quantitative estimate of drug-likeness (QED) is 0.727. The number of carbonyl (C=O) groups excluding carboxylic acids is 1. The summed E-state index contributed by atoms with van der Waals surface area (Å²) in [4.78, 5) is 22.5. The van der Waals surface area contributed by atoms with E-state index in [-0.39, 0.29) is 23.5 Å². The largest absolute Gasteiger partial charge is 0.505 e. The van der Waals surface area contributed by atoms with Crippen LogP contribution in [0.3, 0.4) is 0 Å². The maximum atomic E-state index is 11.6. The Morgan fingerprint density at radius 1 is 1.37 bits per heavy atom. The summed E-state index contributed by atoms with van der Waals surface area (Å²) >= 11 is 0. The van der Waals surface area contributed by atoms with Crippen molar-refractivity contribution in [2.45, 2.75) is 26.2 Å². The monoisotopic (exact) mass is 263 g/mol. The van der Waals surface area contributed by atoms with Crippen LogP contribution in [0.15, 0.2) is 18.2 Å². The van der Waals surface area contributed by atoms with Crippen LogP contribution in [0.2, 0.25) is 0 Å². The third-order valence-electron chi connectivity index (χ3n) is 3.36. The minimum atomic E-state index is -0.846. The summed E-state index contributed by atoms with van der Waals surface area (Å²) in [6, 6.07) is 5.02. The average molecular weight is 263 g/mol. The Balaban J connectivity index is 2.20. The van der Waals surface area contributed by atoms with Gasteiger partial charge in [-0.25, -0.2) is 0 Å². The molecule has 1 aromatic carbocycles. The minimum Gasteiger partial charge on any atom is -0.505 e. The minimum absolute atomic E-state index is 0.0229. The molecule has 0 bridgehead atoms. The summed E-state index contributed by atoms with van der Waals surface area (Å²) in [6.07, 6.45) is 0.532. The average Bonchev–Trinajstić information content (AvgIpc) is 3.11. The SMILES string of the molecule is CC(C)C(=O)Nc1cccc([C@@H]2C[C@H]2C(=O)O)c1O. The second-order valence-electron chi connectivity index (χ2n) is 5.17. The number of phenolic OH excluding ortho intramolecular Hbond substituents is 1. The highest BCUT2D eigenvalue weighted by Gasteiger charge is 2.45. The molecule has 1 aromatic rings. The molecule has 3 N–H and O–H groups in total. The first-order valence-corrected chi connectivity index (χ1v) is 6.27. The van der Waals surface area contributed by atoms with Crippen LogP contribution in [0.25, 0.3) is 0 Å². The van der Waals surface area contributed by atoms with Gasteiger partial charge in [-0.1, -0.05) is 26.0 Å². The second kappa shape index (κ2) is 4.91. The van der Waals surface area contributed by atoms with E-state index in [4.69, 9.17) is 5.11 Å². The maximum Gasteiger partial charge on any atom is 0.307 e. The van der Waals surface area contributed by atoms with E-state index in [1.807, 2.05) is 0 Å². The Hall–Kier alpha value is -2.04. The summed E-state index contributed by atoms with van der Waals surface area (Å²) in [5, 5.41) is 21.7. The smallest absolute Gasteiger partial charge is 0.307 e. The highest BCUT2D eigenvalue weighted by molar-refractivity contribution is 5.93. The lowest BCUT2D eigenvalue weighted by Gasteiger charge is -2.12. The molecule has 0 saturated heterocycles. The molecule has 1 saturated carbocycles. The number of aromatic hydroxyl groups is 1. The van der Waals surface area contributed by atoms with Gasteiger partial charge < -0.3 is 15.5 Å². The number of hydrogen-bond acceptors (Lipinski definition) is 3. The summed E-state index contributed by atoms with van der Waals surface area (Å²) in [7, 11) is 0. The fourth-order valence-corrected chi connectivity index (χ4v) is 2.05. The first kappa shape index (κ1) is 13.4. The van der Waals surface area contributed by atoms with E-state index in [0.29, 0.717) is 17.7 Å². The van der Waals surface area contributed by atoms with E-state index in [9.17, 15) is 14.7 Å². The number of carboxylic acid groups (broad SMARTS) is 1. The molecule has 1 aliphatic rings. The maximum absolute atomic E-state index is 11.6. The molecule has 1 fully saturated rings. The van der Waals surface area contributed by atoms with Crippen LogP contribution in [-0.4, -0.2) is 22.1 Å². The number of nitrogens with one attached hydrogen (secondary N) is 1. The number of amides is 1. The molecule has 0 heterocycles. The van der Waals surface area contributed by atoms with Gasteiger partial charge in [-0.2, -0.15) is 0 Å². The molecule has 0 spiro atoms. The standard InChI is InChI=1S/C14H17NO4/c1-7(2)13(17)15-11-5-3-4-8(12(11)16)9-6-10(9)14(18)19/h3-5,7,9-10,16H,6H2,1-2H3,(H,15,17)(H,18,19)/t9-,10+/m0/s1. The molecule has 19 heavy (non-hydrogen) atoms. The van der Waals surface area contributed by atoms with Crippen molar-refractivity contribution in [1.82, 2.24) is 0 Å². The molecule has 5 heteroatoms. The van der Waals surface area contributed by atoms with Gasteiger partial charge in [0, 0.05) is 17.4 Å².